The molecule has 2 heterocycles. The molecule has 0 fully saturated rings. The number of likely N-dealkylation sites (N-methyl/N-ethyl adjacent to an activating group) is 1. The number of hydrogen-bond acceptors (Lipinski definition) is 5. The summed E-state index contributed by atoms with van der Waals surface area (Å²) < 4.78 is 5.56. The lowest BCUT2D eigenvalue weighted by atomic mass is 10.2. The fraction of sp³-hybridized carbons (Fsp3) is 0.227. The average molecular weight is 376 g/mol. The van der Waals surface area contributed by atoms with Gasteiger partial charge in [-0.25, -0.2) is 0 Å². The Bertz CT molecular complexity index is 915. The van der Waals surface area contributed by atoms with E-state index >= 15 is 0 Å². The third-order valence-corrected chi connectivity index (χ3v) is 4.34. The van der Waals surface area contributed by atoms with Crippen molar-refractivity contribution in [2.24, 2.45) is 0 Å². The summed E-state index contributed by atoms with van der Waals surface area (Å²) >= 11 is 0. The standard InChI is InChI=1S/C22H24N4O2/c1-3-28-21-7-5-4-6-19(21)25-22(27)20-16-18(10-14-24-20)26(2)15-11-17-8-12-23-13-9-17/h4-10,12-14,16H,3,11,15H2,1-2H3,(H,25,27). The summed E-state index contributed by atoms with van der Waals surface area (Å²) in [6.07, 6.45) is 6.14. The average Bonchev–Trinajstić information content (AvgIpc) is 2.74. The number of carbonyl (C=O) groups excluding carboxylic acids is 1. The van der Waals surface area contributed by atoms with Gasteiger partial charge in [0.25, 0.3) is 5.91 Å². The molecule has 0 saturated carbocycles. The zero-order valence-electron chi connectivity index (χ0n) is 16.1. The van der Waals surface area contributed by atoms with Gasteiger partial charge in [-0.3, -0.25) is 14.8 Å². The van der Waals surface area contributed by atoms with Gasteiger partial charge in [-0.1, -0.05) is 12.1 Å². The number of rotatable bonds is 8. The molecule has 6 nitrogen and oxygen atoms in total. The van der Waals surface area contributed by atoms with Gasteiger partial charge in [-0.2, -0.15) is 0 Å². The van der Waals surface area contributed by atoms with Crippen LogP contribution < -0.4 is 15.0 Å². The van der Waals surface area contributed by atoms with E-state index in [-0.39, 0.29) is 5.91 Å². The number of amides is 1. The molecule has 0 atom stereocenters. The molecule has 0 unspecified atom stereocenters. The first-order valence-corrected chi connectivity index (χ1v) is 9.26. The molecule has 0 aliphatic carbocycles. The highest BCUT2D eigenvalue weighted by Crippen LogP contribution is 2.24. The summed E-state index contributed by atoms with van der Waals surface area (Å²) in [6, 6.07) is 15.1. The maximum Gasteiger partial charge on any atom is 0.274 e. The Balaban J connectivity index is 1.67. The Kier molecular flexibility index (Phi) is 6.57. The van der Waals surface area contributed by atoms with Crippen molar-refractivity contribution in [1.29, 1.82) is 0 Å². The molecule has 0 radical (unpaired) electrons. The van der Waals surface area contributed by atoms with Gasteiger partial charge in [0.15, 0.2) is 0 Å². The zero-order valence-corrected chi connectivity index (χ0v) is 16.1. The monoisotopic (exact) mass is 376 g/mol. The molecular weight excluding hydrogens is 352 g/mol. The van der Waals surface area contributed by atoms with Crippen LogP contribution in [0.25, 0.3) is 0 Å². The highest BCUT2D eigenvalue weighted by Gasteiger charge is 2.12. The number of para-hydroxylation sites is 2. The molecular formula is C22H24N4O2. The van der Waals surface area contributed by atoms with Crippen LogP contribution in [0.5, 0.6) is 5.75 Å². The predicted octanol–water partition coefficient (Wildman–Crippen LogP) is 3.81. The van der Waals surface area contributed by atoms with Crippen LogP contribution in [0.1, 0.15) is 23.0 Å². The molecule has 1 N–H and O–H groups in total. The summed E-state index contributed by atoms with van der Waals surface area (Å²) in [5.41, 5.74) is 3.15. The quantitative estimate of drug-likeness (QED) is 0.648. The number of nitrogens with zero attached hydrogens (tertiary/aromatic N) is 3. The second kappa shape index (κ2) is 9.50. The first-order chi connectivity index (χ1) is 13.7. The molecule has 6 heteroatoms. The van der Waals surface area contributed by atoms with Gasteiger partial charge in [-0.05, 0) is 55.3 Å². The molecule has 0 saturated heterocycles. The van der Waals surface area contributed by atoms with Crippen LogP contribution in [0.3, 0.4) is 0 Å². The molecule has 0 aliphatic rings. The van der Waals surface area contributed by atoms with Crippen LogP contribution in [-0.4, -0.2) is 36.1 Å². The molecule has 0 spiro atoms. The number of aromatic nitrogens is 2. The van der Waals surface area contributed by atoms with Crippen LogP contribution in [-0.2, 0) is 6.42 Å². The second-order valence-electron chi connectivity index (χ2n) is 6.31. The number of hydrogen-bond donors (Lipinski definition) is 1. The van der Waals surface area contributed by atoms with E-state index in [2.05, 4.69) is 20.2 Å². The fourth-order valence-corrected chi connectivity index (χ4v) is 2.79. The van der Waals surface area contributed by atoms with Crippen LogP contribution in [0, 0.1) is 0 Å². The molecule has 144 valence electrons. The molecule has 0 aliphatic heterocycles. The van der Waals surface area contributed by atoms with Crippen LogP contribution in [0.4, 0.5) is 11.4 Å². The summed E-state index contributed by atoms with van der Waals surface area (Å²) in [6.45, 7) is 3.26. The minimum absolute atomic E-state index is 0.267. The molecule has 1 aromatic carbocycles. The summed E-state index contributed by atoms with van der Waals surface area (Å²) in [4.78, 5) is 23.0. The van der Waals surface area contributed by atoms with Crippen LogP contribution in [0.15, 0.2) is 67.1 Å². The van der Waals surface area contributed by atoms with E-state index in [1.54, 1.807) is 24.7 Å². The summed E-state index contributed by atoms with van der Waals surface area (Å²) in [5, 5.41) is 2.88. The second-order valence-corrected chi connectivity index (χ2v) is 6.31. The molecule has 28 heavy (non-hydrogen) atoms. The third-order valence-electron chi connectivity index (χ3n) is 4.34. The number of carbonyl (C=O) groups is 1. The summed E-state index contributed by atoms with van der Waals surface area (Å²) in [7, 11) is 2.00. The normalized spacial score (nSPS) is 10.4. The minimum Gasteiger partial charge on any atom is -0.492 e. The SMILES string of the molecule is CCOc1ccccc1NC(=O)c1cc(N(C)CCc2ccncc2)ccn1. The Hall–Kier alpha value is -3.41. The van der Waals surface area contributed by atoms with E-state index < -0.39 is 0 Å². The Morgan fingerprint density at radius 1 is 1.11 bits per heavy atom. The lowest BCUT2D eigenvalue weighted by Gasteiger charge is -2.19. The van der Waals surface area contributed by atoms with Crippen molar-refractivity contribution >= 4 is 17.3 Å². The molecule has 2 aromatic heterocycles. The Morgan fingerprint density at radius 2 is 1.89 bits per heavy atom. The van der Waals surface area contributed by atoms with Gasteiger partial charge in [0, 0.05) is 37.9 Å². The van der Waals surface area contributed by atoms with E-state index in [1.165, 1.54) is 5.56 Å². The highest BCUT2D eigenvalue weighted by atomic mass is 16.5. The number of pyridine rings is 2. The van der Waals surface area contributed by atoms with E-state index in [4.69, 9.17) is 4.74 Å². The van der Waals surface area contributed by atoms with Crippen molar-refractivity contribution in [1.82, 2.24) is 9.97 Å². The smallest absolute Gasteiger partial charge is 0.274 e. The largest absolute Gasteiger partial charge is 0.492 e. The van der Waals surface area contributed by atoms with E-state index in [0.717, 1.165) is 18.7 Å². The van der Waals surface area contributed by atoms with Crippen molar-refractivity contribution in [3.63, 3.8) is 0 Å². The fourth-order valence-electron chi connectivity index (χ4n) is 2.79. The maximum atomic E-state index is 12.7. The zero-order chi connectivity index (χ0) is 19.8. The maximum absolute atomic E-state index is 12.7. The van der Waals surface area contributed by atoms with E-state index in [9.17, 15) is 4.79 Å². The Morgan fingerprint density at radius 3 is 2.68 bits per heavy atom. The van der Waals surface area contributed by atoms with Crippen LogP contribution in [0.2, 0.25) is 0 Å². The topological polar surface area (TPSA) is 67.3 Å². The Labute approximate surface area is 165 Å². The number of anilines is 2. The number of benzene rings is 1. The van der Waals surface area contributed by atoms with Gasteiger partial charge in [0.05, 0.1) is 12.3 Å². The molecule has 3 aromatic rings. The van der Waals surface area contributed by atoms with Crippen LogP contribution >= 0.6 is 0 Å². The summed E-state index contributed by atoms with van der Waals surface area (Å²) in [5.74, 6) is 0.375. The minimum atomic E-state index is -0.267. The van der Waals surface area contributed by atoms with E-state index in [0.29, 0.717) is 23.7 Å². The van der Waals surface area contributed by atoms with Crippen molar-refractivity contribution in [2.75, 3.05) is 30.4 Å². The van der Waals surface area contributed by atoms with Gasteiger partial charge >= 0.3 is 0 Å². The number of nitrogens with one attached hydrogen (secondary N) is 1. The number of ether oxygens (including phenoxy) is 1. The first-order valence-electron chi connectivity index (χ1n) is 9.26. The van der Waals surface area contributed by atoms with Crippen molar-refractivity contribution < 1.29 is 9.53 Å². The molecule has 0 bridgehead atoms. The van der Waals surface area contributed by atoms with Crippen molar-refractivity contribution in [3.05, 3.63) is 78.4 Å². The van der Waals surface area contributed by atoms with Gasteiger partial charge in [-0.15, -0.1) is 0 Å². The predicted molar refractivity (Wildman–Crippen MR) is 111 cm³/mol. The van der Waals surface area contributed by atoms with Crippen molar-refractivity contribution in [2.45, 2.75) is 13.3 Å². The molecule has 1 amide bonds. The first kappa shape index (κ1) is 19.4. The lowest BCUT2D eigenvalue weighted by Crippen LogP contribution is -2.21. The van der Waals surface area contributed by atoms with E-state index in [1.807, 2.05) is 56.4 Å². The highest BCUT2D eigenvalue weighted by molar-refractivity contribution is 6.04. The lowest BCUT2D eigenvalue weighted by molar-refractivity contribution is 0.102. The van der Waals surface area contributed by atoms with Gasteiger partial charge < -0.3 is 15.0 Å². The van der Waals surface area contributed by atoms with Gasteiger partial charge in [0.1, 0.15) is 11.4 Å². The molecule has 3 rings (SSSR count). The van der Waals surface area contributed by atoms with Gasteiger partial charge in [0.2, 0.25) is 0 Å². The van der Waals surface area contributed by atoms with Crippen molar-refractivity contribution in [3.8, 4) is 5.75 Å². The third kappa shape index (κ3) is 5.07.